The first kappa shape index (κ1) is 11.0. The molecule has 1 aliphatic rings. The molecule has 1 rings (SSSR count). The molecule has 1 unspecified atom stereocenters. The van der Waals surface area contributed by atoms with Crippen molar-refractivity contribution in [1.82, 2.24) is 10.6 Å². The average molecular weight is 186 g/mol. The Labute approximate surface area is 80.9 Å². The van der Waals surface area contributed by atoms with Crippen molar-refractivity contribution >= 4 is 0 Å². The minimum absolute atomic E-state index is 0.537. The van der Waals surface area contributed by atoms with Gasteiger partial charge < -0.3 is 15.7 Å². The first-order valence-corrected chi connectivity index (χ1v) is 5.30. The van der Waals surface area contributed by atoms with Crippen LogP contribution in [-0.4, -0.2) is 36.4 Å². The highest BCUT2D eigenvalue weighted by Gasteiger charge is 2.20. The van der Waals surface area contributed by atoms with Gasteiger partial charge >= 0.3 is 0 Å². The first-order chi connectivity index (χ1) is 6.14. The van der Waals surface area contributed by atoms with Crippen molar-refractivity contribution < 1.29 is 5.11 Å². The summed E-state index contributed by atoms with van der Waals surface area (Å²) in [6, 6.07) is 0.597. The molecule has 0 aromatic carbocycles. The van der Waals surface area contributed by atoms with E-state index >= 15 is 0 Å². The van der Waals surface area contributed by atoms with E-state index in [1.165, 1.54) is 12.8 Å². The molecule has 1 aliphatic heterocycles. The molecule has 3 nitrogen and oxygen atoms in total. The predicted octanol–water partition coefficient (Wildman–Crippen LogP) is 0.489. The van der Waals surface area contributed by atoms with Crippen LogP contribution < -0.4 is 10.6 Å². The third-order valence-corrected chi connectivity index (χ3v) is 2.87. The van der Waals surface area contributed by atoms with Gasteiger partial charge in [0.1, 0.15) is 0 Å². The highest BCUT2D eigenvalue weighted by Crippen LogP contribution is 2.08. The van der Waals surface area contributed by atoms with Crippen molar-refractivity contribution in [3.63, 3.8) is 0 Å². The lowest BCUT2D eigenvalue weighted by Crippen LogP contribution is -2.46. The van der Waals surface area contributed by atoms with Crippen LogP contribution >= 0.6 is 0 Å². The monoisotopic (exact) mass is 186 g/mol. The van der Waals surface area contributed by atoms with Gasteiger partial charge in [-0.1, -0.05) is 6.92 Å². The molecule has 0 aromatic heterocycles. The van der Waals surface area contributed by atoms with E-state index < -0.39 is 5.60 Å². The molecule has 78 valence electrons. The van der Waals surface area contributed by atoms with Gasteiger partial charge in [0.2, 0.25) is 0 Å². The molecule has 1 atom stereocenters. The molecule has 0 aliphatic carbocycles. The van der Waals surface area contributed by atoms with Crippen LogP contribution in [0.15, 0.2) is 0 Å². The van der Waals surface area contributed by atoms with Crippen LogP contribution in [0, 0.1) is 0 Å². The van der Waals surface area contributed by atoms with E-state index in [1.54, 1.807) is 0 Å². The summed E-state index contributed by atoms with van der Waals surface area (Å²) in [5.41, 5.74) is -0.537. The van der Waals surface area contributed by atoms with E-state index in [-0.39, 0.29) is 0 Å². The second-order valence-corrected chi connectivity index (χ2v) is 4.26. The van der Waals surface area contributed by atoms with E-state index in [0.29, 0.717) is 12.6 Å². The molecule has 3 N–H and O–H groups in total. The Morgan fingerprint density at radius 3 is 2.62 bits per heavy atom. The molecular formula is C10H22N2O. The number of nitrogens with one attached hydrogen (secondary N) is 2. The van der Waals surface area contributed by atoms with Gasteiger partial charge in [-0.05, 0) is 39.3 Å². The lowest BCUT2D eigenvalue weighted by Gasteiger charge is -2.28. The Bertz CT molecular complexity index is 142. The molecular weight excluding hydrogens is 164 g/mol. The predicted molar refractivity (Wildman–Crippen MR) is 54.8 cm³/mol. The fourth-order valence-electron chi connectivity index (χ4n) is 1.52. The van der Waals surface area contributed by atoms with E-state index in [9.17, 15) is 5.11 Å². The van der Waals surface area contributed by atoms with Crippen LogP contribution in [0.1, 0.15) is 33.1 Å². The smallest absolute Gasteiger partial charge is 0.0741 e. The second kappa shape index (κ2) is 4.94. The zero-order valence-corrected chi connectivity index (χ0v) is 8.77. The van der Waals surface area contributed by atoms with Crippen LogP contribution in [0.4, 0.5) is 0 Å². The molecule has 0 aromatic rings. The third kappa shape index (κ3) is 4.07. The van der Waals surface area contributed by atoms with Gasteiger partial charge in [0.25, 0.3) is 0 Å². The molecule has 1 fully saturated rings. The van der Waals surface area contributed by atoms with Crippen molar-refractivity contribution in [3.8, 4) is 0 Å². The van der Waals surface area contributed by atoms with Crippen LogP contribution in [-0.2, 0) is 0 Å². The molecule has 3 heteroatoms. The van der Waals surface area contributed by atoms with E-state index in [2.05, 4.69) is 10.6 Å². The van der Waals surface area contributed by atoms with Crippen molar-refractivity contribution in [1.29, 1.82) is 0 Å². The van der Waals surface area contributed by atoms with Crippen molar-refractivity contribution in [2.24, 2.45) is 0 Å². The molecule has 1 saturated heterocycles. The largest absolute Gasteiger partial charge is 0.389 e. The summed E-state index contributed by atoms with van der Waals surface area (Å²) >= 11 is 0. The Kier molecular flexibility index (Phi) is 4.16. The van der Waals surface area contributed by atoms with E-state index in [1.807, 2.05) is 13.8 Å². The van der Waals surface area contributed by atoms with Gasteiger partial charge in [-0.2, -0.15) is 0 Å². The number of hydrogen-bond acceptors (Lipinski definition) is 3. The van der Waals surface area contributed by atoms with Crippen molar-refractivity contribution in [2.75, 3.05) is 19.6 Å². The van der Waals surface area contributed by atoms with Gasteiger partial charge in [0, 0.05) is 12.6 Å². The zero-order chi connectivity index (χ0) is 9.73. The van der Waals surface area contributed by atoms with Gasteiger partial charge in [-0.3, -0.25) is 0 Å². The fraction of sp³-hybridized carbons (Fsp3) is 1.00. The summed E-state index contributed by atoms with van der Waals surface area (Å²) in [6.07, 6.45) is 3.17. The summed E-state index contributed by atoms with van der Waals surface area (Å²) in [7, 11) is 0. The van der Waals surface area contributed by atoms with Crippen molar-refractivity contribution in [3.05, 3.63) is 0 Å². The van der Waals surface area contributed by atoms with Crippen molar-refractivity contribution in [2.45, 2.75) is 44.8 Å². The van der Waals surface area contributed by atoms with Crippen LogP contribution in [0.2, 0.25) is 0 Å². The number of piperidine rings is 1. The zero-order valence-electron chi connectivity index (χ0n) is 8.77. The fourth-order valence-corrected chi connectivity index (χ4v) is 1.52. The third-order valence-electron chi connectivity index (χ3n) is 2.87. The maximum atomic E-state index is 9.78. The molecule has 1 heterocycles. The standard InChI is InChI=1S/C10H22N2O/c1-3-10(2,13)8-12-9-4-6-11-7-5-9/h9,11-13H,3-8H2,1-2H3. The highest BCUT2D eigenvalue weighted by molar-refractivity contribution is 4.79. The maximum absolute atomic E-state index is 9.78. The molecule has 0 amide bonds. The highest BCUT2D eigenvalue weighted by atomic mass is 16.3. The molecule has 0 bridgehead atoms. The average Bonchev–Trinajstić information content (AvgIpc) is 2.17. The van der Waals surface area contributed by atoms with Crippen LogP contribution in [0.25, 0.3) is 0 Å². The van der Waals surface area contributed by atoms with Crippen LogP contribution in [0.5, 0.6) is 0 Å². The summed E-state index contributed by atoms with van der Waals surface area (Å²) in [6.45, 7) is 6.83. The summed E-state index contributed by atoms with van der Waals surface area (Å²) in [4.78, 5) is 0. The Balaban J connectivity index is 2.17. The number of rotatable bonds is 4. The first-order valence-electron chi connectivity index (χ1n) is 5.30. The maximum Gasteiger partial charge on any atom is 0.0741 e. The lowest BCUT2D eigenvalue weighted by molar-refractivity contribution is 0.0516. The van der Waals surface area contributed by atoms with Gasteiger partial charge in [-0.15, -0.1) is 0 Å². The summed E-state index contributed by atoms with van der Waals surface area (Å²) in [5.74, 6) is 0. The normalized spacial score (nSPS) is 24.2. The molecule has 13 heavy (non-hydrogen) atoms. The minimum Gasteiger partial charge on any atom is -0.389 e. The van der Waals surface area contributed by atoms with Crippen LogP contribution in [0.3, 0.4) is 0 Å². The number of aliphatic hydroxyl groups is 1. The minimum atomic E-state index is -0.537. The Morgan fingerprint density at radius 1 is 1.46 bits per heavy atom. The summed E-state index contributed by atoms with van der Waals surface area (Å²) < 4.78 is 0. The number of hydrogen-bond donors (Lipinski definition) is 3. The lowest BCUT2D eigenvalue weighted by atomic mass is 10.0. The Hall–Kier alpha value is -0.120. The summed E-state index contributed by atoms with van der Waals surface area (Å²) in [5, 5.41) is 16.5. The topological polar surface area (TPSA) is 44.3 Å². The Morgan fingerprint density at radius 2 is 2.08 bits per heavy atom. The van der Waals surface area contributed by atoms with E-state index in [0.717, 1.165) is 19.5 Å². The molecule has 0 saturated carbocycles. The quantitative estimate of drug-likeness (QED) is 0.598. The van der Waals surface area contributed by atoms with Gasteiger partial charge in [-0.25, -0.2) is 0 Å². The molecule has 0 radical (unpaired) electrons. The SMILES string of the molecule is CCC(C)(O)CNC1CCNCC1. The van der Waals surface area contributed by atoms with Gasteiger partial charge in [0.05, 0.1) is 5.60 Å². The second-order valence-electron chi connectivity index (χ2n) is 4.26. The van der Waals surface area contributed by atoms with E-state index in [4.69, 9.17) is 0 Å². The van der Waals surface area contributed by atoms with Gasteiger partial charge in [0.15, 0.2) is 0 Å². The molecule has 0 spiro atoms.